The number of aromatic nitrogens is 2. The molecule has 2 aromatic carbocycles. The monoisotopic (exact) mass is 567 g/mol. The number of nitrogens with one attached hydrogen (secondary N) is 1. The highest BCUT2D eigenvalue weighted by Gasteiger charge is 2.27. The number of aromatic amines is 1. The molecule has 5 rings (SSSR count). The smallest absolute Gasteiger partial charge is 0.246 e. The molecule has 212 valence electrons. The number of amides is 1. The number of allylic oxidation sites excluding steroid dienone is 2. The molecule has 5 nitrogen and oxygen atoms in total. The average Bonchev–Trinajstić information content (AvgIpc) is 3.31. The van der Waals surface area contributed by atoms with Crippen LogP contribution in [0.15, 0.2) is 85.1 Å². The number of hydrogen-bond donors (Lipinski definition) is 1. The van der Waals surface area contributed by atoms with E-state index in [9.17, 15) is 4.79 Å². The SMILES string of the molecule is CC/C(=C(/c1ccc(OCCCC/C=C/C(=O)N2CC(CC)C2)nc1)c1[nH]c2ccccc2c1Cl)c1ccccc1. The van der Waals surface area contributed by atoms with Gasteiger partial charge in [0, 0.05) is 47.4 Å². The first-order valence-corrected chi connectivity index (χ1v) is 15.1. The summed E-state index contributed by atoms with van der Waals surface area (Å²) in [5.41, 5.74) is 6.28. The fourth-order valence-electron chi connectivity index (χ4n) is 5.37. The second-order valence-electron chi connectivity index (χ2n) is 10.6. The third-order valence-corrected chi connectivity index (χ3v) is 8.21. The molecule has 0 aliphatic carbocycles. The summed E-state index contributed by atoms with van der Waals surface area (Å²) in [5.74, 6) is 1.41. The van der Waals surface area contributed by atoms with Gasteiger partial charge in [-0.25, -0.2) is 4.98 Å². The molecule has 41 heavy (non-hydrogen) atoms. The van der Waals surface area contributed by atoms with Crippen molar-refractivity contribution in [1.82, 2.24) is 14.9 Å². The Hall–Kier alpha value is -3.83. The number of hydrogen-bond acceptors (Lipinski definition) is 3. The number of halogens is 1. The van der Waals surface area contributed by atoms with E-state index in [1.165, 1.54) is 5.57 Å². The molecular weight excluding hydrogens is 530 g/mol. The quantitative estimate of drug-likeness (QED) is 0.138. The van der Waals surface area contributed by atoms with E-state index in [0.717, 1.165) is 78.5 Å². The summed E-state index contributed by atoms with van der Waals surface area (Å²) in [4.78, 5) is 22.3. The maximum absolute atomic E-state index is 12.1. The van der Waals surface area contributed by atoms with Crippen LogP contribution in [0.3, 0.4) is 0 Å². The van der Waals surface area contributed by atoms with Crippen molar-refractivity contribution in [3.63, 3.8) is 0 Å². The van der Waals surface area contributed by atoms with Crippen molar-refractivity contribution < 1.29 is 9.53 Å². The predicted molar refractivity (Wildman–Crippen MR) is 169 cm³/mol. The van der Waals surface area contributed by atoms with Gasteiger partial charge in [-0.05, 0) is 67.4 Å². The molecule has 0 saturated carbocycles. The van der Waals surface area contributed by atoms with E-state index in [0.29, 0.717) is 23.4 Å². The van der Waals surface area contributed by atoms with Crippen molar-refractivity contribution in [2.45, 2.75) is 46.0 Å². The fourth-order valence-corrected chi connectivity index (χ4v) is 5.67. The van der Waals surface area contributed by atoms with Gasteiger partial charge in [0.05, 0.1) is 17.3 Å². The molecule has 1 fully saturated rings. The lowest BCUT2D eigenvalue weighted by Crippen LogP contribution is -2.49. The number of unbranched alkanes of at least 4 members (excludes halogenated alkanes) is 2. The van der Waals surface area contributed by atoms with Crippen molar-refractivity contribution >= 4 is 39.6 Å². The Morgan fingerprint density at radius 3 is 2.51 bits per heavy atom. The fraction of sp³-hybridized carbons (Fsp3) is 0.314. The van der Waals surface area contributed by atoms with Gasteiger partial charge in [-0.2, -0.15) is 0 Å². The second-order valence-corrected chi connectivity index (χ2v) is 11.0. The first-order valence-electron chi connectivity index (χ1n) is 14.7. The minimum Gasteiger partial charge on any atom is -0.478 e. The van der Waals surface area contributed by atoms with Gasteiger partial charge in [-0.3, -0.25) is 4.79 Å². The minimum atomic E-state index is 0.135. The highest BCUT2D eigenvalue weighted by molar-refractivity contribution is 6.38. The Labute approximate surface area is 247 Å². The molecular formula is C35H38ClN3O2. The van der Waals surface area contributed by atoms with Gasteiger partial charge >= 0.3 is 0 Å². The van der Waals surface area contributed by atoms with Crippen LogP contribution >= 0.6 is 11.6 Å². The third kappa shape index (κ3) is 6.74. The molecule has 0 atom stereocenters. The summed E-state index contributed by atoms with van der Waals surface area (Å²) < 4.78 is 5.95. The standard InChI is InChI=1S/C35H38ClN3O2/c1-3-25-23-39(24-25)32(40)18-10-5-6-13-21-41-31-20-19-27(22-37-31)33(28(4-2)26-14-8-7-9-15-26)35-34(36)29-16-11-12-17-30(29)38-35/h7-12,14-20,22,25,38H,3-6,13,21,23-24H2,1-2H3/b18-10+,33-28+. The molecule has 2 aromatic heterocycles. The van der Waals surface area contributed by atoms with Gasteiger partial charge in [0.25, 0.3) is 0 Å². The van der Waals surface area contributed by atoms with Gasteiger partial charge in [0.15, 0.2) is 0 Å². The number of H-pyrrole nitrogens is 1. The van der Waals surface area contributed by atoms with E-state index in [2.05, 4.69) is 54.1 Å². The molecule has 6 heteroatoms. The van der Waals surface area contributed by atoms with Crippen molar-refractivity contribution in [1.29, 1.82) is 0 Å². The second kappa shape index (κ2) is 13.7. The summed E-state index contributed by atoms with van der Waals surface area (Å²) in [5, 5.41) is 1.71. The van der Waals surface area contributed by atoms with E-state index in [4.69, 9.17) is 16.3 Å². The van der Waals surface area contributed by atoms with Crippen molar-refractivity contribution in [2.75, 3.05) is 19.7 Å². The molecule has 1 saturated heterocycles. The van der Waals surface area contributed by atoms with Crippen molar-refractivity contribution in [3.8, 4) is 5.88 Å². The molecule has 1 aliphatic heterocycles. The summed E-state index contributed by atoms with van der Waals surface area (Å²) in [6, 6.07) is 22.5. The summed E-state index contributed by atoms with van der Waals surface area (Å²) >= 11 is 6.96. The van der Waals surface area contributed by atoms with E-state index < -0.39 is 0 Å². The first kappa shape index (κ1) is 28.7. The minimum absolute atomic E-state index is 0.135. The number of nitrogens with zero attached hydrogens (tertiary/aromatic N) is 2. The highest BCUT2D eigenvalue weighted by atomic mass is 35.5. The molecule has 0 spiro atoms. The molecule has 4 aromatic rings. The molecule has 1 aliphatic rings. The number of carbonyl (C=O) groups excluding carboxylic acids is 1. The van der Waals surface area contributed by atoms with Crippen LogP contribution in [0.4, 0.5) is 0 Å². The van der Waals surface area contributed by atoms with Crippen LogP contribution in [-0.2, 0) is 4.79 Å². The van der Waals surface area contributed by atoms with Crippen LogP contribution in [0.1, 0.15) is 62.8 Å². The van der Waals surface area contributed by atoms with Crippen LogP contribution in [0.5, 0.6) is 5.88 Å². The van der Waals surface area contributed by atoms with Gasteiger partial charge in [-0.1, -0.05) is 80.1 Å². The number of fused-ring (bicyclic) bond motifs is 1. The third-order valence-electron chi connectivity index (χ3n) is 7.82. The van der Waals surface area contributed by atoms with Gasteiger partial charge < -0.3 is 14.6 Å². The van der Waals surface area contributed by atoms with Crippen LogP contribution in [-0.4, -0.2) is 40.5 Å². The Balaban J connectivity index is 1.25. The van der Waals surface area contributed by atoms with Crippen molar-refractivity contribution in [2.24, 2.45) is 5.92 Å². The number of carbonyl (C=O) groups is 1. The Morgan fingerprint density at radius 2 is 1.80 bits per heavy atom. The summed E-state index contributed by atoms with van der Waals surface area (Å²) in [6.45, 7) is 6.73. The molecule has 1 N–H and O–H groups in total. The largest absolute Gasteiger partial charge is 0.478 e. The summed E-state index contributed by atoms with van der Waals surface area (Å²) in [7, 11) is 0. The molecule has 0 unspecified atom stereocenters. The summed E-state index contributed by atoms with van der Waals surface area (Å²) in [6.07, 6.45) is 10.3. The van der Waals surface area contributed by atoms with Crippen LogP contribution in [0.2, 0.25) is 5.02 Å². The average molecular weight is 568 g/mol. The van der Waals surface area contributed by atoms with Crippen LogP contribution in [0.25, 0.3) is 22.0 Å². The number of likely N-dealkylation sites (tertiary alicyclic amines) is 1. The Morgan fingerprint density at radius 1 is 1.02 bits per heavy atom. The van der Waals surface area contributed by atoms with E-state index >= 15 is 0 Å². The topological polar surface area (TPSA) is 58.2 Å². The lowest BCUT2D eigenvalue weighted by Gasteiger charge is -2.38. The molecule has 0 bridgehead atoms. The molecule has 0 radical (unpaired) electrons. The Bertz CT molecular complexity index is 1520. The number of rotatable bonds is 12. The number of para-hydroxylation sites is 1. The predicted octanol–water partition coefficient (Wildman–Crippen LogP) is 8.56. The van der Waals surface area contributed by atoms with Gasteiger partial charge in [0.2, 0.25) is 11.8 Å². The maximum atomic E-state index is 12.1. The van der Waals surface area contributed by atoms with Crippen LogP contribution < -0.4 is 4.74 Å². The zero-order chi connectivity index (χ0) is 28.6. The normalized spacial score (nSPS) is 14.4. The van der Waals surface area contributed by atoms with E-state index in [1.807, 2.05) is 53.6 Å². The lowest BCUT2D eigenvalue weighted by atomic mass is 9.91. The van der Waals surface area contributed by atoms with Gasteiger partial charge in [0.1, 0.15) is 0 Å². The zero-order valence-corrected chi connectivity index (χ0v) is 24.7. The number of benzene rings is 2. The number of ether oxygens (including phenoxy) is 1. The zero-order valence-electron chi connectivity index (χ0n) is 23.9. The molecule has 3 heterocycles. The lowest BCUT2D eigenvalue weighted by molar-refractivity contribution is -0.132. The van der Waals surface area contributed by atoms with E-state index in [-0.39, 0.29) is 5.91 Å². The van der Waals surface area contributed by atoms with Crippen LogP contribution in [0, 0.1) is 5.92 Å². The van der Waals surface area contributed by atoms with E-state index in [1.54, 1.807) is 6.08 Å². The van der Waals surface area contributed by atoms with Gasteiger partial charge in [-0.15, -0.1) is 0 Å². The van der Waals surface area contributed by atoms with Crippen molar-refractivity contribution in [3.05, 3.63) is 107 Å². The molecule has 1 amide bonds. The maximum Gasteiger partial charge on any atom is 0.246 e. The number of pyridine rings is 1. The first-order chi connectivity index (χ1) is 20.1. The highest BCUT2D eigenvalue weighted by Crippen LogP contribution is 2.40. The Kier molecular flexibility index (Phi) is 9.58.